The zero-order valence-corrected chi connectivity index (χ0v) is 16.5. The van der Waals surface area contributed by atoms with E-state index in [1.807, 2.05) is 37.4 Å². The van der Waals surface area contributed by atoms with Gasteiger partial charge in [-0.2, -0.15) is 0 Å². The lowest BCUT2D eigenvalue weighted by molar-refractivity contribution is -0.118. The first-order chi connectivity index (χ1) is 13.6. The summed E-state index contributed by atoms with van der Waals surface area (Å²) < 4.78 is 16.6. The summed E-state index contributed by atoms with van der Waals surface area (Å²) in [5.41, 5.74) is 2.97. The Kier molecular flexibility index (Phi) is 4.59. The summed E-state index contributed by atoms with van der Waals surface area (Å²) >= 11 is 0. The van der Waals surface area contributed by atoms with E-state index in [0.29, 0.717) is 23.7 Å². The lowest BCUT2D eigenvalue weighted by Gasteiger charge is -2.34. The minimum absolute atomic E-state index is 0.0737. The average Bonchev–Trinajstić information content (AvgIpc) is 2.74. The van der Waals surface area contributed by atoms with Crippen molar-refractivity contribution in [1.82, 2.24) is 0 Å². The second kappa shape index (κ2) is 7.08. The molecular weight excluding hydrogens is 354 g/mol. The van der Waals surface area contributed by atoms with Gasteiger partial charge >= 0.3 is 0 Å². The smallest absolute Gasteiger partial charge is 0.227 e. The molecular formula is C23H23NO4. The highest BCUT2D eigenvalue weighted by atomic mass is 16.5. The Hall–Kier alpha value is -3.21. The molecule has 5 heteroatoms. The van der Waals surface area contributed by atoms with Crippen molar-refractivity contribution in [2.75, 3.05) is 33.3 Å². The molecule has 1 heterocycles. The van der Waals surface area contributed by atoms with Crippen LogP contribution in [0.25, 0.3) is 10.8 Å². The predicted molar refractivity (Wildman–Crippen MR) is 110 cm³/mol. The van der Waals surface area contributed by atoms with E-state index < -0.39 is 0 Å². The number of ether oxygens (including phenoxy) is 3. The summed E-state index contributed by atoms with van der Waals surface area (Å²) in [6, 6.07) is 16.1. The van der Waals surface area contributed by atoms with Crippen molar-refractivity contribution in [3.63, 3.8) is 0 Å². The molecule has 1 atom stereocenters. The number of nitrogens with zero attached hydrogens (tertiary/aromatic N) is 1. The first kappa shape index (κ1) is 18.2. The third-order valence-corrected chi connectivity index (χ3v) is 5.52. The Balaban J connectivity index is 2.01. The van der Waals surface area contributed by atoms with E-state index in [2.05, 4.69) is 18.2 Å². The maximum atomic E-state index is 12.8. The summed E-state index contributed by atoms with van der Waals surface area (Å²) in [6.07, 6.45) is 0.364. The molecule has 0 aliphatic carbocycles. The molecule has 0 N–H and O–H groups in total. The number of carbonyl (C=O) groups is 1. The third-order valence-electron chi connectivity index (χ3n) is 5.52. The molecule has 0 saturated carbocycles. The van der Waals surface area contributed by atoms with E-state index >= 15 is 0 Å². The van der Waals surface area contributed by atoms with Crippen LogP contribution in [-0.4, -0.2) is 34.3 Å². The zero-order chi connectivity index (χ0) is 19.8. The summed E-state index contributed by atoms with van der Waals surface area (Å²) in [6.45, 7) is 0. The largest absolute Gasteiger partial charge is 0.496 e. The maximum Gasteiger partial charge on any atom is 0.227 e. The molecule has 28 heavy (non-hydrogen) atoms. The van der Waals surface area contributed by atoms with Gasteiger partial charge in [-0.05, 0) is 28.5 Å². The molecule has 1 aliphatic heterocycles. The third kappa shape index (κ3) is 2.74. The highest BCUT2D eigenvalue weighted by Crippen LogP contribution is 2.48. The van der Waals surface area contributed by atoms with Crippen molar-refractivity contribution in [1.29, 1.82) is 0 Å². The topological polar surface area (TPSA) is 48.0 Å². The van der Waals surface area contributed by atoms with Crippen LogP contribution in [0.5, 0.6) is 17.2 Å². The van der Waals surface area contributed by atoms with Gasteiger partial charge in [0.1, 0.15) is 5.75 Å². The number of amides is 1. The van der Waals surface area contributed by atoms with Gasteiger partial charge in [-0.1, -0.05) is 30.3 Å². The van der Waals surface area contributed by atoms with Gasteiger partial charge in [0.2, 0.25) is 5.91 Å². The van der Waals surface area contributed by atoms with Crippen LogP contribution < -0.4 is 19.1 Å². The first-order valence-electron chi connectivity index (χ1n) is 9.17. The normalized spacial score (nSPS) is 16.1. The quantitative estimate of drug-likeness (QED) is 0.678. The van der Waals surface area contributed by atoms with Crippen LogP contribution in [-0.2, 0) is 4.79 Å². The second-order valence-electron chi connectivity index (χ2n) is 6.88. The molecule has 3 aromatic rings. The van der Waals surface area contributed by atoms with Crippen molar-refractivity contribution in [2.45, 2.75) is 12.3 Å². The standard InChI is InChI=1S/C23H23NO4/c1-24-18-10-9-14-7-5-6-8-15(14)23(18)17(12-22(24)25)16-11-20(27-3)21(28-4)13-19(16)26-2/h5-11,13,17H,12H2,1-4H3. The summed E-state index contributed by atoms with van der Waals surface area (Å²) in [4.78, 5) is 14.5. The molecule has 0 spiro atoms. The highest BCUT2D eigenvalue weighted by molar-refractivity contribution is 6.03. The Bertz CT molecular complexity index is 1060. The molecule has 1 amide bonds. The van der Waals surface area contributed by atoms with E-state index in [-0.39, 0.29) is 11.8 Å². The number of methoxy groups -OCH3 is 3. The number of carbonyl (C=O) groups excluding carboxylic acids is 1. The molecule has 0 bridgehead atoms. The average molecular weight is 377 g/mol. The monoisotopic (exact) mass is 377 g/mol. The van der Waals surface area contributed by atoms with Gasteiger partial charge < -0.3 is 19.1 Å². The minimum Gasteiger partial charge on any atom is -0.496 e. The summed E-state index contributed by atoms with van der Waals surface area (Å²) in [5.74, 6) is 1.83. The van der Waals surface area contributed by atoms with Gasteiger partial charge in [0.05, 0.1) is 21.3 Å². The summed E-state index contributed by atoms with van der Waals surface area (Å²) in [7, 11) is 6.67. The molecule has 4 rings (SSSR count). The van der Waals surface area contributed by atoms with Crippen LogP contribution in [0.2, 0.25) is 0 Å². The molecule has 1 aliphatic rings. The Morgan fingerprint density at radius 3 is 2.29 bits per heavy atom. The first-order valence-corrected chi connectivity index (χ1v) is 9.17. The van der Waals surface area contributed by atoms with Gasteiger partial charge in [-0.25, -0.2) is 0 Å². The number of benzene rings is 3. The van der Waals surface area contributed by atoms with Gasteiger partial charge in [-0.3, -0.25) is 4.79 Å². The number of rotatable bonds is 4. The van der Waals surface area contributed by atoms with Gasteiger partial charge in [-0.15, -0.1) is 0 Å². The van der Waals surface area contributed by atoms with Crippen LogP contribution in [0, 0.1) is 0 Å². The highest BCUT2D eigenvalue weighted by Gasteiger charge is 2.34. The molecule has 5 nitrogen and oxygen atoms in total. The van der Waals surface area contributed by atoms with E-state index in [0.717, 1.165) is 27.6 Å². The molecule has 0 radical (unpaired) electrons. The van der Waals surface area contributed by atoms with Crippen molar-refractivity contribution >= 4 is 22.4 Å². The van der Waals surface area contributed by atoms with Crippen molar-refractivity contribution in [3.8, 4) is 17.2 Å². The van der Waals surface area contributed by atoms with Crippen LogP contribution in [0.15, 0.2) is 48.5 Å². The minimum atomic E-state index is -0.139. The van der Waals surface area contributed by atoms with Gasteiger partial charge in [0.25, 0.3) is 0 Å². The molecule has 0 aromatic heterocycles. The number of fused-ring (bicyclic) bond motifs is 3. The van der Waals surface area contributed by atoms with E-state index in [1.165, 1.54) is 0 Å². The van der Waals surface area contributed by atoms with Gasteiger partial charge in [0, 0.05) is 36.7 Å². The van der Waals surface area contributed by atoms with Crippen molar-refractivity contribution in [2.24, 2.45) is 0 Å². The van der Waals surface area contributed by atoms with Crippen LogP contribution >= 0.6 is 0 Å². The maximum absolute atomic E-state index is 12.8. The second-order valence-corrected chi connectivity index (χ2v) is 6.88. The predicted octanol–water partition coefficient (Wildman–Crippen LogP) is 4.36. The fraction of sp³-hybridized carbons (Fsp3) is 0.261. The van der Waals surface area contributed by atoms with E-state index in [1.54, 1.807) is 26.2 Å². The fourth-order valence-corrected chi connectivity index (χ4v) is 4.08. The lowest BCUT2D eigenvalue weighted by Crippen LogP contribution is -2.33. The molecule has 1 unspecified atom stereocenters. The van der Waals surface area contributed by atoms with Crippen LogP contribution in [0.4, 0.5) is 5.69 Å². The van der Waals surface area contributed by atoms with E-state index in [4.69, 9.17) is 14.2 Å². The van der Waals surface area contributed by atoms with Crippen molar-refractivity contribution in [3.05, 3.63) is 59.7 Å². The number of hydrogen-bond acceptors (Lipinski definition) is 4. The lowest BCUT2D eigenvalue weighted by atomic mass is 9.81. The van der Waals surface area contributed by atoms with Crippen LogP contribution in [0.3, 0.4) is 0 Å². The molecule has 0 saturated heterocycles. The fourth-order valence-electron chi connectivity index (χ4n) is 4.08. The van der Waals surface area contributed by atoms with Gasteiger partial charge in [0.15, 0.2) is 11.5 Å². The SMILES string of the molecule is COc1cc(OC)c(C2CC(=O)N(C)c3ccc4ccccc4c32)cc1OC. The Labute approximate surface area is 164 Å². The number of hydrogen-bond donors (Lipinski definition) is 0. The number of anilines is 1. The van der Waals surface area contributed by atoms with Crippen LogP contribution in [0.1, 0.15) is 23.5 Å². The zero-order valence-electron chi connectivity index (χ0n) is 16.5. The Morgan fingerprint density at radius 1 is 0.893 bits per heavy atom. The molecule has 3 aromatic carbocycles. The van der Waals surface area contributed by atoms with E-state index in [9.17, 15) is 4.79 Å². The van der Waals surface area contributed by atoms with Crippen molar-refractivity contribution < 1.29 is 19.0 Å². The molecule has 144 valence electrons. The molecule has 0 fully saturated rings. The Morgan fingerprint density at radius 2 is 1.57 bits per heavy atom. The summed E-state index contributed by atoms with van der Waals surface area (Å²) in [5, 5.41) is 2.29.